The molecule has 1 aromatic heterocycles. The summed E-state index contributed by atoms with van der Waals surface area (Å²) in [6.45, 7) is 3.62. The first-order valence-corrected chi connectivity index (χ1v) is 4.63. The molecule has 0 amide bonds. The molecule has 0 saturated carbocycles. The highest BCUT2D eigenvalue weighted by atomic mass is 35.5. The molecule has 1 rings (SSSR count). The molecule has 0 atom stereocenters. The second kappa shape index (κ2) is 4.99. The molecule has 0 spiro atoms. The number of rotatable bonds is 5. The van der Waals surface area contributed by atoms with Crippen molar-refractivity contribution in [3.05, 3.63) is 24.5 Å². The van der Waals surface area contributed by atoms with Crippen LogP contribution < -0.4 is 0 Å². The molecule has 0 aliphatic carbocycles. The quantitative estimate of drug-likeness (QED) is 0.508. The lowest BCUT2D eigenvalue weighted by molar-refractivity contribution is 0.763. The predicted octanol–water partition coefficient (Wildman–Crippen LogP) is 2.55. The minimum absolute atomic E-state index is 0.738. The highest BCUT2D eigenvalue weighted by molar-refractivity contribution is 6.17. The van der Waals surface area contributed by atoms with Gasteiger partial charge in [0.05, 0.1) is 5.69 Å². The van der Waals surface area contributed by atoms with Gasteiger partial charge in [0.2, 0.25) is 0 Å². The summed E-state index contributed by atoms with van der Waals surface area (Å²) in [6, 6.07) is 2.01. The summed E-state index contributed by atoms with van der Waals surface area (Å²) in [7, 11) is 0. The standard InChI is InChI=1S/C9H13ClN2/c1-2-12-8-6-9(11-12)5-3-4-7-10/h2,6,8H,1,3-5,7H2. The first-order valence-electron chi connectivity index (χ1n) is 4.09. The Morgan fingerprint density at radius 1 is 1.58 bits per heavy atom. The van der Waals surface area contributed by atoms with E-state index in [-0.39, 0.29) is 0 Å². The van der Waals surface area contributed by atoms with Gasteiger partial charge in [-0.25, -0.2) is 4.68 Å². The summed E-state index contributed by atoms with van der Waals surface area (Å²) < 4.78 is 1.72. The van der Waals surface area contributed by atoms with Crippen LogP contribution in [0.2, 0.25) is 0 Å². The van der Waals surface area contributed by atoms with Crippen LogP contribution in [0.1, 0.15) is 18.5 Å². The monoisotopic (exact) mass is 184 g/mol. The first-order chi connectivity index (χ1) is 5.86. The van der Waals surface area contributed by atoms with Crippen LogP contribution in [0.4, 0.5) is 0 Å². The van der Waals surface area contributed by atoms with Crippen LogP contribution >= 0.6 is 11.6 Å². The number of hydrogen-bond acceptors (Lipinski definition) is 1. The van der Waals surface area contributed by atoms with Crippen molar-refractivity contribution >= 4 is 17.8 Å². The molecule has 1 heterocycles. The lowest BCUT2D eigenvalue weighted by atomic mass is 10.2. The molecule has 0 aliphatic heterocycles. The van der Waals surface area contributed by atoms with Crippen LogP contribution in [0, 0.1) is 0 Å². The predicted molar refractivity (Wildman–Crippen MR) is 52.3 cm³/mol. The molecule has 0 aromatic carbocycles. The van der Waals surface area contributed by atoms with Crippen LogP contribution in [-0.2, 0) is 6.42 Å². The Bertz CT molecular complexity index is 242. The Morgan fingerprint density at radius 3 is 3.00 bits per heavy atom. The Labute approximate surface area is 77.8 Å². The molecule has 1 aromatic rings. The summed E-state index contributed by atoms with van der Waals surface area (Å²) in [5.41, 5.74) is 1.11. The third kappa shape index (κ3) is 2.70. The van der Waals surface area contributed by atoms with Crippen molar-refractivity contribution in [2.24, 2.45) is 0 Å². The van der Waals surface area contributed by atoms with Crippen molar-refractivity contribution in [3.63, 3.8) is 0 Å². The Balaban J connectivity index is 2.36. The largest absolute Gasteiger partial charge is 0.249 e. The van der Waals surface area contributed by atoms with Crippen LogP contribution in [0.3, 0.4) is 0 Å². The summed E-state index contributed by atoms with van der Waals surface area (Å²) in [6.07, 6.45) is 6.77. The minimum Gasteiger partial charge on any atom is -0.249 e. The van der Waals surface area contributed by atoms with E-state index in [1.54, 1.807) is 10.9 Å². The summed E-state index contributed by atoms with van der Waals surface area (Å²) in [5.74, 6) is 0.738. The molecule has 0 radical (unpaired) electrons. The van der Waals surface area contributed by atoms with E-state index in [1.807, 2.05) is 12.3 Å². The summed E-state index contributed by atoms with van der Waals surface area (Å²) in [4.78, 5) is 0. The van der Waals surface area contributed by atoms with Crippen molar-refractivity contribution < 1.29 is 0 Å². The molecular weight excluding hydrogens is 172 g/mol. The Hall–Kier alpha value is -0.760. The molecule has 0 N–H and O–H groups in total. The fourth-order valence-corrected chi connectivity index (χ4v) is 1.20. The highest BCUT2D eigenvalue weighted by Crippen LogP contribution is 2.02. The van der Waals surface area contributed by atoms with Gasteiger partial charge in [0.15, 0.2) is 0 Å². The fraction of sp³-hybridized carbons (Fsp3) is 0.444. The third-order valence-corrected chi connectivity index (χ3v) is 1.93. The molecular formula is C9H13ClN2. The maximum atomic E-state index is 5.56. The smallest absolute Gasteiger partial charge is 0.0628 e. The van der Waals surface area contributed by atoms with Gasteiger partial charge in [-0.05, 0) is 25.3 Å². The normalized spacial score (nSPS) is 10.1. The number of alkyl halides is 1. The fourth-order valence-electron chi connectivity index (χ4n) is 1.01. The van der Waals surface area contributed by atoms with Gasteiger partial charge >= 0.3 is 0 Å². The van der Waals surface area contributed by atoms with E-state index < -0.39 is 0 Å². The van der Waals surface area contributed by atoms with Crippen molar-refractivity contribution in [2.45, 2.75) is 19.3 Å². The summed E-state index contributed by atoms with van der Waals surface area (Å²) in [5, 5.41) is 4.26. The average molecular weight is 185 g/mol. The molecule has 0 fully saturated rings. The number of aryl methyl sites for hydroxylation is 1. The molecule has 2 nitrogen and oxygen atoms in total. The van der Waals surface area contributed by atoms with Gasteiger partial charge in [-0.2, -0.15) is 5.10 Å². The first kappa shape index (κ1) is 9.33. The lowest BCUT2D eigenvalue weighted by Crippen LogP contribution is -1.90. The number of aromatic nitrogens is 2. The van der Waals surface area contributed by atoms with Gasteiger partial charge in [0.1, 0.15) is 0 Å². The molecule has 0 bridgehead atoms. The van der Waals surface area contributed by atoms with E-state index in [4.69, 9.17) is 11.6 Å². The van der Waals surface area contributed by atoms with E-state index in [0.717, 1.165) is 30.8 Å². The third-order valence-electron chi connectivity index (χ3n) is 1.67. The van der Waals surface area contributed by atoms with Crippen molar-refractivity contribution in [2.75, 3.05) is 5.88 Å². The zero-order valence-corrected chi connectivity index (χ0v) is 7.80. The molecule has 0 aliphatic rings. The van der Waals surface area contributed by atoms with E-state index in [0.29, 0.717) is 0 Å². The van der Waals surface area contributed by atoms with Gasteiger partial charge < -0.3 is 0 Å². The van der Waals surface area contributed by atoms with Gasteiger partial charge in [-0.15, -0.1) is 11.6 Å². The molecule has 0 saturated heterocycles. The van der Waals surface area contributed by atoms with Crippen molar-refractivity contribution in [1.82, 2.24) is 9.78 Å². The second-order valence-corrected chi connectivity index (χ2v) is 2.99. The zero-order chi connectivity index (χ0) is 8.81. The van der Waals surface area contributed by atoms with Gasteiger partial charge in [0.25, 0.3) is 0 Å². The number of hydrogen-bond donors (Lipinski definition) is 0. The maximum absolute atomic E-state index is 5.56. The zero-order valence-electron chi connectivity index (χ0n) is 7.04. The van der Waals surface area contributed by atoms with E-state index >= 15 is 0 Å². The molecule has 0 unspecified atom stereocenters. The average Bonchev–Trinajstić information content (AvgIpc) is 2.53. The second-order valence-electron chi connectivity index (χ2n) is 2.62. The maximum Gasteiger partial charge on any atom is 0.0628 e. The van der Waals surface area contributed by atoms with Crippen molar-refractivity contribution in [3.8, 4) is 0 Å². The van der Waals surface area contributed by atoms with Crippen LogP contribution in [0.5, 0.6) is 0 Å². The number of unbranched alkanes of at least 4 members (excludes halogenated alkanes) is 1. The topological polar surface area (TPSA) is 17.8 Å². The molecule has 12 heavy (non-hydrogen) atoms. The highest BCUT2D eigenvalue weighted by Gasteiger charge is 1.95. The number of halogens is 1. The number of nitrogens with zero attached hydrogens (tertiary/aromatic N) is 2. The van der Waals surface area contributed by atoms with Crippen LogP contribution in [0.25, 0.3) is 6.20 Å². The van der Waals surface area contributed by atoms with Gasteiger partial charge in [-0.1, -0.05) is 6.58 Å². The summed E-state index contributed by atoms with van der Waals surface area (Å²) >= 11 is 5.56. The molecule has 3 heteroatoms. The lowest BCUT2D eigenvalue weighted by Gasteiger charge is -1.93. The van der Waals surface area contributed by atoms with Crippen LogP contribution in [-0.4, -0.2) is 15.7 Å². The van der Waals surface area contributed by atoms with Crippen molar-refractivity contribution in [1.29, 1.82) is 0 Å². The van der Waals surface area contributed by atoms with Gasteiger partial charge in [-0.3, -0.25) is 0 Å². The Morgan fingerprint density at radius 2 is 2.42 bits per heavy atom. The van der Waals surface area contributed by atoms with E-state index in [9.17, 15) is 0 Å². The van der Waals surface area contributed by atoms with E-state index in [1.165, 1.54) is 0 Å². The van der Waals surface area contributed by atoms with Gasteiger partial charge in [0, 0.05) is 18.3 Å². The van der Waals surface area contributed by atoms with Crippen LogP contribution in [0.15, 0.2) is 18.8 Å². The minimum atomic E-state index is 0.738. The van der Waals surface area contributed by atoms with E-state index in [2.05, 4.69) is 11.7 Å². The molecule has 66 valence electrons. The SMILES string of the molecule is C=Cn1ccc(CCCCCl)n1. The Kier molecular flexibility index (Phi) is 3.88.